The fourth-order valence-corrected chi connectivity index (χ4v) is 4.15. The van der Waals surface area contributed by atoms with E-state index in [1.54, 1.807) is 0 Å². The van der Waals surface area contributed by atoms with Gasteiger partial charge in [0, 0.05) is 11.6 Å². The van der Waals surface area contributed by atoms with E-state index >= 15 is 0 Å². The first-order valence-corrected chi connectivity index (χ1v) is 12.3. The van der Waals surface area contributed by atoms with Gasteiger partial charge < -0.3 is 0 Å². The molecule has 2 amide bonds. The molecule has 0 aromatic heterocycles. The predicted molar refractivity (Wildman–Crippen MR) is 127 cm³/mol. The van der Waals surface area contributed by atoms with Crippen molar-refractivity contribution in [2.45, 2.75) is 110 Å². The molecule has 0 aliphatic carbocycles. The van der Waals surface area contributed by atoms with Gasteiger partial charge in [0.25, 0.3) is 11.8 Å². The van der Waals surface area contributed by atoms with E-state index in [1.807, 2.05) is 31.2 Å². The third-order valence-corrected chi connectivity index (χ3v) is 6.09. The minimum absolute atomic E-state index is 0.140. The number of amides is 2. The lowest BCUT2D eigenvalue weighted by atomic mass is 10.0. The van der Waals surface area contributed by atoms with Crippen molar-refractivity contribution in [3.05, 3.63) is 41.5 Å². The average Bonchev–Trinajstić information content (AvgIpc) is 3.02. The largest absolute Gasteiger partial charge is 0.269 e. The topological polar surface area (TPSA) is 37.4 Å². The maximum Gasteiger partial charge on any atom is 0.261 e. The molecule has 166 valence electrons. The van der Waals surface area contributed by atoms with Crippen LogP contribution in [0.3, 0.4) is 0 Å². The molecule has 1 aliphatic rings. The summed E-state index contributed by atoms with van der Waals surface area (Å²) in [6.45, 7) is 4.27. The Hall–Kier alpha value is -1.90. The van der Waals surface area contributed by atoms with Crippen LogP contribution in [0.5, 0.6) is 0 Å². The zero-order valence-corrected chi connectivity index (χ0v) is 19.3. The molecule has 0 atom stereocenters. The lowest BCUT2D eigenvalue weighted by Crippen LogP contribution is -2.30. The third-order valence-electron chi connectivity index (χ3n) is 6.09. The van der Waals surface area contributed by atoms with Gasteiger partial charge in [-0.25, -0.2) is 4.90 Å². The van der Waals surface area contributed by atoms with Crippen molar-refractivity contribution in [3.8, 4) is 0 Å². The molecule has 1 aliphatic heterocycles. The van der Waals surface area contributed by atoms with E-state index in [0.29, 0.717) is 17.7 Å². The van der Waals surface area contributed by atoms with Crippen molar-refractivity contribution in [3.63, 3.8) is 0 Å². The van der Waals surface area contributed by atoms with Crippen LogP contribution < -0.4 is 4.90 Å². The summed E-state index contributed by atoms with van der Waals surface area (Å²) in [4.78, 5) is 26.2. The number of aryl methyl sites for hydroxylation is 1. The van der Waals surface area contributed by atoms with Gasteiger partial charge in [-0.15, -0.1) is 0 Å². The number of carbonyl (C=O) groups excluding carboxylic acids is 2. The molecule has 0 fully saturated rings. The molecular weight excluding hydrogens is 370 g/mol. The summed E-state index contributed by atoms with van der Waals surface area (Å²) < 4.78 is 0. The molecule has 1 heterocycles. The van der Waals surface area contributed by atoms with Crippen molar-refractivity contribution in [1.82, 2.24) is 0 Å². The predicted octanol–water partition coefficient (Wildman–Crippen LogP) is 7.67. The minimum Gasteiger partial charge on any atom is -0.269 e. The van der Waals surface area contributed by atoms with E-state index in [1.165, 1.54) is 88.0 Å². The molecule has 3 nitrogen and oxygen atoms in total. The van der Waals surface area contributed by atoms with Crippen LogP contribution in [0.2, 0.25) is 0 Å². The molecule has 0 saturated carbocycles. The molecule has 0 bridgehead atoms. The first-order chi connectivity index (χ1) is 14.6. The first-order valence-electron chi connectivity index (χ1n) is 12.3. The summed E-state index contributed by atoms with van der Waals surface area (Å²) in [7, 11) is 0. The van der Waals surface area contributed by atoms with Crippen LogP contribution in [0.15, 0.2) is 35.9 Å². The van der Waals surface area contributed by atoms with Gasteiger partial charge in [-0.3, -0.25) is 9.59 Å². The van der Waals surface area contributed by atoms with Gasteiger partial charge in [0.05, 0.1) is 5.69 Å². The number of nitrogens with zero attached hydrogens (tertiary/aromatic N) is 1. The molecule has 0 radical (unpaired) electrons. The van der Waals surface area contributed by atoms with Gasteiger partial charge in [0.15, 0.2) is 0 Å². The molecular formula is C27H41NO2. The molecule has 0 saturated heterocycles. The van der Waals surface area contributed by atoms with E-state index in [-0.39, 0.29) is 11.8 Å². The van der Waals surface area contributed by atoms with Crippen LogP contribution in [0, 0.1) is 6.92 Å². The molecule has 2 rings (SSSR count). The Bertz CT molecular complexity index is 675. The van der Waals surface area contributed by atoms with Crippen LogP contribution in [0.25, 0.3) is 0 Å². The number of anilines is 1. The van der Waals surface area contributed by atoms with Crippen molar-refractivity contribution >= 4 is 17.5 Å². The van der Waals surface area contributed by atoms with Crippen molar-refractivity contribution in [2.24, 2.45) is 0 Å². The highest BCUT2D eigenvalue weighted by Gasteiger charge is 2.31. The Morgan fingerprint density at radius 2 is 1.13 bits per heavy atom. The molecule has 1 aromatic carbocycles. The monoisotopic (exact) mass is 411 g/mol. The highest BCUT2D eigenvalue weighted by atomic mass is 16.2. The van der Waals surface area contributed by atoms with Crippen LogP contribution in [0.1, 0.15) is 109 Å². The second-order valence-corrected chi connectivity index (χ2v) is 8.83. The highest BCUT2D eigenvalue weighted by Crippen LogP contribution is 2.25. The van der Waals surface area contributed by atoms with Gasteiger partial charge in [-0.1, -0.05) is 108 Å². The number of benzene rings is 1. The second-order valence-electron chi connectivity index (χ2n) is 8.83. The van der Waals surface area contributed by atoms with Crippen LogP contribution in [-0.4, -0.2) is 11.8 Å². The van der Waals surface area contributed by atoms with Gasteiger partial charge in [-0.2, -0.15) is 0 Å². The van der Waals surface area contributed by atoms with Crippen LogP contribution >= 0.6 is 0 Å². The number of imide groups is 1. The molecule has 0 unspecified atom stereocenters. The standard InChI is InChI=1S/C27H41NO2/c1-3-4-5-6-7-8-9-10-11-12-13-14-15-16-17-24-22-26(29)28(27(24)30)25-20-18-23(2)19-21-25/h18-22H,3-17H2,1-2H3. The van der Waals surface area contributed by atoms with E-state index in [0.717, 1.165) is 18.4 Å². The van der Waals surface area contributed by atoms with E-state index < -0.39 is 0 Å². The number of hydrogen-bond acceptors (Lipinski definition) is 2. The third kappa shape index (κ3) is 8.45. The van der Waals surface area contributed by atoms with Crippen molar-refractivity contribution < 1.29 is 9.59 Å². The molecule has 0 spiro atoms. The maximum absolute atomic E-state index is 12.6. The summed E-state index contributed by atoms with van der Waals surface area (Å²) in [5.74, 6) is -0.345. The first kappa shape index (κ1) is 24.4. The van der Waals surface area contributed by atoms with Crippen molar-refractivity contribution in [2.75, 3.05) is 4.90 Å². The Balaban J connectivity index is 1.49. The summed E-state index contributed by atoms with van der Waals surface area (Å²) in [6, 6.07) is 7.55. The van der Waals surface area contributed by atoms with Crippen molar-refractivity contribution in [1.29, 1.82) is 0 Å². The quantitative estimate of drug-likeness (QED) is 0.207. The molecule has 30 heavy (non-hydrogen) atoms. The zero-order valence-electron chi connectivity index (χ0n) is 19.3. The smallest absolute Gasteiger partial charge is 0.261 e. The van der Waals surface area contributed by atoms with Crippen LogP contribution in [-0.2, 0) is 9.59 Å². The summed E-state index contributed by atoms with van der Waals surface area (Å²) in [5, 5.41) is 0. The fraction of sp³-hybridized carbons (Fsp3) is 0.630. The maximum atomic E-state index is 12.6. The second kappa shape index (κ2) is 14.2. The molecule has 3 heteroatoms. The van der Waals surface area contributed by atoms with Gasteiger partial charge >= 0.3 is 0 Å². The summed E-state index contributed by atoms with van der Waals surface area (Å²) >= 11 is 0. The Kier molecular flexibility index (Phi) is 11.5. The average molecular weight is 412 g/mol. The highest BCUT2D eigenvalue weighted by molar-refractivity contribution is 6.30. The molecule has 0 N–H and O–H groups in total. The fourth-order valence-electron chi connectivity index (χ4n) is 4.15. The van der Waals surface area contributed by atoms with E-state index in [4.69, 9.17) is 0 Å². The van der Waals surface area contributed by atoms with E-state index in [9.17, 15) is 9.59 Å². The lowest BCUT2D eigenvalue weighted by molar-refractivity contribution is -0.120. The Labute approximate surface area is 183 Å². The Morgan fingerprint density at radius 3 is 1.63 bits per heavy atom. The lowest BCUT2D eigenvalue weighted by Gasteiger charge is -2.15. The Morgan fingerprint density at radius 1 is 0.667 bits per heavy atom. The number of hydrogen-bond donors (Lipinski definition) is 0. The van der Waals surface area contributed by atoms with E-state index in [2.05, 4.69) is 6.92 Å². The van der Waals surface area contributed by atoms with Gasteiger partial charge in [0.2, 0.25) is 0 Å². The van der Waals surface area contributed by atoms with Crippen LogP contribution in [0.4, 0.5) is 5.69 Å². The zero-order chi connectivity index (χ0) is 21.6. The number of rotatable bonds is 16. The van der Waals surface area contributed by atoms with Gasteiger partial charge in [0.1, 0.15) is 0 Å². The summed E-state index contributed by atoms with van der Waals surface area (Å²) in [6.07, 6.45) is 20.7. The minimum atomic E-state index is -0.204. The number of unbranched alkanes of at least 4 members (excludes halogenated alkanes) is 13. The number of carbonyl (C=O) groups is 2. The van der Waals surface area contributed by atoms with Gasteiger partial charge in [-0.05, 0) is 31.9 Å². The normalized spacial score (nSPS) is 13.9. The SMILES string of the molecule is CCCCCCCCCCCCCCCCC1=CC(=O)N(c2ccc(C)cc2)C1=O. The molecule has 1 aromatic rings. The summed E-state index contributed by atoms with van der Waals surface area (Å²) in [5.41, 5.74) is 2.45.